The summed E-state index contributed by atoms with van der Waals surface area (Å²) in [6.45, 7) is 0.157. The predicted octanol–water partition coefficient (Wildman–Crippen LogP) is 4.44. The number of hydrogen-bond donors (Lipinski definition) is 1. The Balaban J connectivity index is 1.91. The first-order valence-corrected chi connectivity index (χ1v) is 11.5. The number of likely N-dealkylation sites (tertiary alicyclic amines) is 1. The number of carbonyl (C=O) groups is 2. The number of hydrogen-bond acceptors (Lipinski definition) is 7. The summed E-state index contributed by atoms with van der Waals surface area (Å²) in [6.07, 6.45) is 3.24. The molecule has 1 unspecified atom stereocenters. The van der Waals surface area contributed by atoms with Crippen molar-refractivity contribution >= 4 is 34.7 Å². The lowest BCUT2D eigenvalue weighted by atomic mass is 9.94. The lowest BCUT2D eigenvalue weighted by molar-refractivity contribution is -0.140. The van der Waals surface area contributed by atoms with Crippen molar-refractivity contribution < 1.29 is 24.2 Å². The number of pyridine rings is 1. The van der Waals surface area contributed by atoms with Crippen molar-refractivity contribution in [2.24, 2.45) is 0 Å². The molecule has 186 valence electrons. The summed E-state index contributed by atoms with van der Waals surface area (Å²) < 4.78 is 10.7. The molecule has 1 fully saturated rings. The number of benzene rings is 2. The number of carbonyl (C=O) groups excluding carboxylic acids is 2. The number of halogens is 1. The van der Waals surface area contributed by atoms with Crippen LogP contribution >= 0.6 is 11.6 Å². The standard InChI is InChI=1S/C27H26ClN3O5/c1-30(2)18-7-5-17(6-8-18)24-23(25(32)19-13-20(28)22(36-4)14-21(19)35-3)26(33)27(34)31(24)15-16-9-11-29-12-10-16/h5-14,24,32H,15H2,1-4H3/b25-23+. The molecule has 0 saturated carbocycles. The van der Waals surface area contributed by atoms with Crippen LogP contribution in [0.25, 0.3) is 5.76 Å². The van der Waals surface area contributed by atoms with Crippen LogP contribution in [0.15, 0.2) is 66.5 Å². The Morgan fingerprint density at radius 2 is 1.67 bits per heavy atom. The molecular weight excluding hydrogens is 482 g/mol. The Labute approximate surface area is 214 Å². The third-order valence-corrected chi connectivity index (χ3v) is 6.39. The van der Waals surface area contributed by atoms with Crippen LogP contribution in [0, 0.1) is 0 Å². The number of anilines is 1. The molecular formula is C27H26ClN3O5. The fourth-order valence-electron chi connectivity index (χ4n) is 4.22. The maximum atomic E-state index is 13.4. The van der Waals surface area contributed by atoms with E-state index < -0.39 is 17.7 Å². The monoisotopic (exact) mass is 507 g/mol. The van der Waals surface area contributed by atoms with E-state index in [1.54, 1.807) is 24.5 Å². The number of nitrogens with zero attached hydrogens (tertiary/aromatic N) is 3. The molecule has 1 amide bonds. The summed E-state index contributed by atoms with van der Waals surface area (Å²) in [5.74, 6) is -1.30. The zero-order chi connectivity index (χ0) is 26.0. The van der Waals surface area contributed by atoms with E-state index in [0.717, 1.165) is 11.3 Å². The number of rotatable bonds is 7. The molecule has 1 N–H and O–H groups in total. The van der Waals surface area contributed by atoms with Crippen molar-refractivity contribution in [3.05, 3.63) is 88.2 Å². The van der Waals surface area contributed by atoms with Gasteiger partial charge in [0.1, 0.15) is 17.3 Å². The van der Waals surface area contributed by atoms with Crippen molar-refractivity contribution in [2.45, 2.75) is 12.6 Å². The molecule has 1 aliphatic heterocycles. The van der Waals surface area contributed by atoms with E-state index >= 15 is 0 Å². The molecule has 0 aliphatic carbocycles. The number of methoxy groups -OCH3 is 2. The average Bonchev–Trinajstić information content (AvgIpc) is 3.13. The Bertz CT molecular complexity index is 1320. The van der Waals surface area contributed by atoms with Gasteiger partial charge in [0.25, 0.3) is 11.7 Å². The largest absolute Gasteiger partial charge is 0.507 e. The summed E-state index contributed by atoms with van der Waals surface area (Å²) in [5, 5.41) is 11.7. The maximum Gasteiger partial charge on any atom is 0.295 e. The van der Waals surface area contributed by atoms with Crippen LogP contribution in [0.1, 0.15) is 22.7 Å². The van der Waals surface area contributed by atoms with E-state index in [1.807, 2.05) is 43.3 Å². The number of Topliss-reactive ketones (excluding diaryl/α,β-unsaturated/α-hetero) is 1. The highest BCUT2D eigenvalue weighted by atomic mass is 35.5. The molecule has 2 heterocycles. The summed E-state index contributed by atoms with van der Waals surface area (Å²) in [5.41, 5.74) is 2.56. The summed E-state index contributed by atoms with van der Waals surface area (Å²) in [6, 6.07) is 13.2. The van der Waals surface area contributed by atoms with Crippen LogP contribution in [0.5, 0.6) is 11.5 Å². The highest BCUT2D eigenvalue weighted by Crippen LogP contribution is 2.43. The van der Waals surface area contributed by atoms with Crippen molar-refractivity contribution in [2.75, 3.05) is 33.2 Å². The van der Waals surface area contributed by atoms with E-state index in [-0.39, 0.29) is 34.2 Å². The van der Waals surface area contributed by atoms with E-state index in [2.05, 4.69) is 4.98 Å². The fraction of sp³-hybridized carbons (Fsp3) is 0.222. The van der Waals surface area contributed by atoms with Crippen molar-refractivity contribution in [3.8, 4) is 11.5 Å². The van der Waals surface area contributed by atoms with Gasteiger partial charge in [-0.15, -0.1) is 0 Å². The number of ether oxygens (including phenoxy) is 2. The third kappa shape index (κ3) is 4.59. The zero-order valence-electron chi connectivity index (χ0n) is 20.4. The van der Waals surface area contributed by atoms with Gasteiger partial charge in [0.15, 0.2) is 0 Å². The molecule has 36 heavy (non-hydrogen) atoms. The van der Waals surface area contributed by atoms with E-state index in [9.17, 15) is 14.7 Å². The molecule has 0 spiro atoms. The number of aromatic nitrogens is 1. The van der Waals surface area contributed by atoms with E-state index in [0.29, 0.717) is 11.3 Å². The average molecular weight is 508 g/mol. The van der Waals surface area contributed by atoms with Crippen LogP contribution in [0.2, 0.25) is 5.02 Å². The second-order valence-corrected chi connectivity index (χ2v) is 8.86. The first-order valence-electron chi connectivity index (χ1n) is 11.1. The maximum absolute atomic E-state index is 13.4. The minimum Gasteiger partial charge on any atom is -0.507 e. The van der Waals surface area contributed by atoms with Crippen LogP contribution in [0.3, 0.4) is 0 Å². The number of amides is 1. The van der Waals surface area contributed by atoms with Gasteiger partial charge < -0.3 is 24.4 Å². The Hall–Kier alpha value is -4.04. The van der Waals surface area contributed by atoms with Gasteiger partial charge in [-0.1, -0.05) is 23.7 Å². The quantitative estimate of drug-likeness (QED) is 0.287. The van der Waals surface area contributed by atoms with E-state index in [1.165, 1.54) is 31.3 Å². The first kappa shape index (κ1) is 25.1. The smallest absolute Gasteiger partial charge is 0.295 e. The van der Waals surface area contributed by atoms with Gasteiger partial charge in [-0.2, -0.15) is 0 Å². The van der Waals surface area contributed by atoms with Gasteiger partial charge in [-0.05, 0) is 41.5 Å². The van der Waals surface area contributed by atoms with Gasteiger partial charge >= 0.3 is 0 Å². The van der Waals surface area contributed by atoms with Gasteiger partial charge in [-0.3, -0.25) is 14.6 Å². The molecule has 1 aliphatic rings. The molecule has 0 bridgehead atoms. The molecule has 1 atom stereocenters. The van der Waals surface area contributed by atoms with Gasteiger partial charge in [0, 0.05) is 44.8 Å². The van der Waals surface area contributed by atoms with Crippen molar-refractivity contribution in [1.29, 1.82) is 0 Å². The molecule has 1 saturated heterocycles. The van der Waals surface area contributed by atoms with Crippen molar-refractivity contribution in [3.63, 3.8) is 0 Å². The zero-order valence-corrected chi connectivity index (χ0v) is 21.1. The number of ketones is 1. The van der Waals surface area contributed by atoms with Gasteiger partial charge in [0.05, 0.1) is 36.4 Å². The Morgan fingerprint density at radius 1 is 1.03 bits per heavy atom. The predicted molar refractivity (Wildman–Crippen MR) is 137 cm³/mol. The lowest BCUT2D eigenvalue weighted by Gasteiger charge is -2.26. The minimum atomic E-state index is -0.833. The summed E-state index contributed by atoms with van der Waals surface area (Å²) in [7, 11) is 6.73. The number of aliphatic hydroxyl groups is 1. The highest BCUT2D eigenvalue weighted by molar-refractivity contribution is 6.46. The van der Waals surface area contributed by atoms with Crippen LogP contribution < -0.4 is 14.4 Å². The summed E-state index contributed by atoms with van der Waals surface area (Å²) in [4.78, 5) is 34.0. The minimum absolute atomic E-state index is 0.0498. The normalized spacial score (nSPS) is 16.8. The highest BCUT2D eigenvalue weighted by Gasteiger charge is 2.46. The molecule has 0 radical (unpaired) electrons. The Morgan fingerprint density at radius 3 is 2.25 bits per heavy atom. The molecule has 2 aromatic carbocycles. The molecule has 9 heteroatoms. The van der Waals surface area contributed by atoms with Gasteiger partial charge in [-0.25, -0.2) is 0 Å². The van der Waals surface area contributed by atoms with Crippen molar-refractivity contribution in [1.82, 2.24) is 9.88 Å². The van der Waals surface area contributed by atoms with Crippen LogP contribution in [-0.2, 0) is 16.1 Å². The second-order valence-electron chi connectivity index (χ2n) is 8.46. The number of aliphatic hydroxyl groups excluding tert-OH is 1. The molecule has 1 aromatic heterocycles. The first-order chi connectivity index (χ1) is 17.3. The van der Waals surface area contributed by atoms with Gasteiger partial charge in [0.2, 0.25) is 0 Å². The second kappa shape index (κ2) is 10.3. The fourth-order valence-corrected chi connectivity index (χ4v) is 4.46. The summed E-state index contributed by atoms with van der Waals surface area (Å²) >= 11 is 6.32. The van der Waals surface area contributed by atoms with Crippen LogP contribution in [0.4, 0.5) is 5.69 Å². The SMILES string of the molecule is COc1cc(OC)c(/C(O)=C2\C(=O)C(=O)N(Cc3ccncc3)C2c2ccc(N(C)C)cc2)cc1Cl. The molecule has 8 nitrogen and oxygen atoms in total. The third-order valence-electron chi connectivity index (χ3n) is 6.10. The van der Waals surface area contributed by atoms with E-state index in [4.69, 9.17) is 21.1 Å². The topological polar surface area (TPSA) is 92.2 Å². The Kier molecular flexibility index (Phi) is 7.17. The molecule has 4 rings (SSSR count). The lowest BCUT2D eigenvalue weighted by Crippen LogP contribution is -2.29. The van der Waals surface area contributed by atoms with Crippen LogP contribution in [-0.4, -0.2) is 55.0 Å². The molecule has 3 aromatic rings.